The standard InChI is InChI=1S/C15H25ClN4/c1-6-19-7-8-20(10-11(19)2)13-9-12(16)17-14(18-13)15(3,4)5/h9,11H,6-8,10H2,1-5H3. The van der Waals surface area contributed by atoms with Crippen LogP contribution in [0.5, 0.6) is 0 Å². The maximum absolute atomic E-state index is 6.18. The second-order valence-electron chi connectivity index (χ2n) is 6.55. The van der Waals surface area contributed by atoms with Crippen LogP contribution < -0.4 is 4.90 Å². The van der Waals surface area contributed by atoms with Crippen LogP contribution in [0.25, 0.3) is 0 Å². The number of hydrogen-bond acceptors (Lipinski definition) is 4. The molecule has 2 heterocycles. The molecule has 1 saturated heterocycles. The summed E-state index contributed by atoms with van der Waals surface area (Å²) in [4.78, 5) is 13.9. The number of aromatic nitrogens is 2. The molecule has 1 unspecified atom stereocenters. The van der Waals surface area contributed by atoms with Crippen LogP contribution in [0.2, 0.25) is 5.15 Å². The number of halogens is 1. The van der Waals surface area contributed by atoms with E-state index in [1.807, 2.05) is 6.07 Å². The number of likely N-dealkylation sites (N-methyl/N-ethyl adjacent to an activating group) is 1. The molecule has 1 atom stereocenters. The van der Waals surface area contributed by atoms with E-state index in [2.05, 4.69) is 49.4 Å². The topological polar surface area (TPSA) is 32.3 Å². The maximum Gasteiger partial charge on any atom is 0.137 e. The predicted octanol–water partition coefficient (Wildman–Crippen LogP) is 2.96. The lowest BCUT2D eigenvalue weighted by Crippen LogP contribution is -2.52. The van der Waals surface area contributed by atoms with Gasteiger partial charge < -0.3 is 4.90 Å². The molecule has 1 aliphatic rings. The van der Waals surface area contributed by atoms with Gasteiger partial charge in [-0.3, -0.25) is 4.90 Å². The minimum atomic E-state index is -0.0868. The number of nitrogens with zero attached hydrogens (tertiary/aromatic N) is 4. The molecular weight excluding hydrogens is 272 g/mol. The van der Waals surface area contributed by atoms with Gasteiger partial charge >= 0.3 is 0 Å². The molecular formula is C15H25ClN4. The fourth-order valence-electron chi connectivity index (χ4n) is 2.58. The molecule has 4 nitrogen and oxygen atoms in total. The highest BCUT2D eigenvalue weighted by molar-refractivity contribution is 6.29. The van der Waals surface area contributed by atoms with Crippen molar-refractivity contribution in [2.24, 2.45) is 0 Å². The monoisotopic (exact) mass is 296 g/mol. The van der Waals surface area contributed by atoms with Crippen LogP contribution in [0.4, 0.5) is 5.82 Å². The first-order valence-electron chi connectivity index (χ1n) is 7.35. The zero-order valence-corrected chi connectivity index (χ0v) is 13.9. The van der Waals surface area contributed by atoms with Crippen LogP contribution in [0.1, 0.15) is 40.4 Å². The van der Waals surface area contributed by atoms with Crippen LogP contribution in [-0.2, 0) is 5.41 Å². The summed E-state index contributed by atoms with van der Waals surface area (Å²) >= 11 is 6.18. The van der Waals surface area contributed by atoms with E-state index in [1.165, 1.54) is 0 Å². The first kappa shape index (κ1) is 15.5. The molecule has 0 bridgehead atoms. The van der Waals surface area contributed by atoms with Gasteiger partial charge in [0.25, 0.3) is 0 Å². The van der Waals surface area contributed by atoms with E-state index in [1.54, 1.807) is 0 Å². The minimum absolute atomic E-state index is 0.0868. The second-order valence-corrected chi connectivity index (χ2v) is 6.93. The third kappa shape index (κ3) is 3.41. The first-order chi connectivity index (χ1) is 9.31. The van der Waals surface area contributed by atoms with Crippen molar-refractivity contribution in [1.29, 1.82) is 0 Å². The van der Waals surface area contributed by atoms with E-state index in [0.717, 1.165) is 37.8 Å². The summed E-state index contributed by atoms with van der Waals surface area (Å²) in [7, 11) is 0. The Morgan fingerprint density at radius 1 is 1.30 bits per heavy atom. The summed E-state index contributed by atoms with van der Waals surface area (Å²) in [6.07, 6.45) is 0. The van der Waals surface area contributed by atoms with Crippen molar-refractivity contribution in [2.45, 2.75) is 46.1 Å². The quantitative estimate of drug-likeness (QED) is 0.786. The van der Waals surface area contributed by atoms with Crippen LogP contribution in [0.15, 0.2) is 6.07 Å². The highest BCUT2D eigenvalue weighted by Crippen LogP contribution is 2.25. The van der Waals surface area contributed by atoms with Crippen molar-refractivity contribution >= 4 is 17.4 Å². The van der Waals surface area contributed by atoms with Gasteiger partial charge in [-0.1, -0.05) is 39.3 Å². The van der Waals surface area contributed by atoms with Gasteiger partial charge in [0.2, 0.25) is 0 Å². The highest BCUT2D eigenvalue weighted by Gasteiger charge is 2.25. The van der Waals surface area contributed by atoms with Crippen molar-refractivity contribution in [1.82, 2.24) is 14.9 Å². The highest BCUT2D eigenvalue weighted by atomic mass is 35.5. The average molecular weight is 297 g/mol. The van der Waals surface area contributed by atoms with Gasteiger partial charge in [-0.05, 0) is 13.5 Å². The van der Waals surface area contributed by atoms with Crippen molar-refractivity contribution in [3.05, 3.63) is 17.0 Å². The Kier molecular flexibility index (Phi) is 4.55. The van der Waals surface area contributed by atoms with Gasteiger partial charge in [0.05, 0.1) is 0 Å². The van der Waals surface area contributed by atoms with Crippen molar-refractivity contribution < 1.29 is 0 Å². The summed E-state index contributed by atoms with van der Waals surface area (Å²) in [5.41, 5.74) is -0.0868. The van der Waals surface area contributed by atoms with Crippen LogP contribution in [0.3, 0.4) is 0 Å². The summed E-state index contributed by atoms with van der Waals surface area (Å²) in [5, 5.41) is 0.533. The smallest absolute Gasteiger partial charge is 0.137 e. The van der Waals surface area contributed by atoms with Crippen LogP contribution in [-0.4, -0.2) is 47.1 Å². The second kappa shape index (κ2) is 5.86. The van der Waals surface area contributed by atoms with Gasteiger partial charge in [0, 0.05) is 37.2 Å². The number of piperazine rings is 1. The molecule has 112 valence electrons. The molecule has 0 radical (unpaired) electrons. The molecule has 1 aliphatic heterocycles. The molecule has 0 aromatic carbocycles. The van der Waals surface area contributed by atoms with E-state index in [9.17, 15) is 0 Å². The van der Waals surface area contributed by atoms with Gasteiger partial charge in [-0.2, -0.15) is 0 Å². The van der Waals surface area contributed by atoms with E-state index < -0.39 is 0 Å². The lowest BCUT2D eigenvalue weighted by Gasteiger charge is -2.40. The number of hydrogen-bond donors (Lipinski definition) is 0. The Hall–Kier alpha value is -0.870. The van der Waals surface area contributed by atoms with Crippen LogP contribution >= 0.6 is 11.6 Å². The summed E-state index contributed by atoms with van der Waals surface area (Å²) < 4.78 is 0. The fraction of sp³-hybridized carbons (Fsp3) is 0.733. The van der Waals surface area contributed by atoms with Gasteiger partial charge in [-0.25, -0.2) is 9.97 Å². The first-order valence-corrected chi connectivity index (χ1v) is 7.73. The molecule has 0 aliphatic carbocycles. The molecule has 20 heavy (non-hydrogen) atoms. The number of rotatable bonds is 2. The van der Waals surface area contributed by atoms with Gasteiger partial charge in [0.15, 0.2) is 0 Å². The molecule has 0 saturated carbocycles. The zero-order valence-electron chi connectivity index (χ0n) is 13.1. The summed E-state index contributed by atoms with van der Waals surface area (Å²) in [6.45, 7) is 15.0. The van der Waals surface area contributed by atoms with E-state index >= 15 is 0 Å². The minimum Gasteiger partial charge on any atom is -0.354 e. The van der Waals surface area contributed by atoms with E-state index in [-0.39, 0.29) is 5.41 Å². The zero-order chi connectivity index (χ0) is 14.9. The lowest BCUT2D eigenvalue weighted by molar-refractivity contribution is 0.199. The van der Waals surface area contributed by atoms with Crippen molar-refractivity contribution in [3.8, 4) is 0 Å². The fourth-order valence-corrected chi connectivity index (χ4v) is 2.75. The van der Waals surface area contributed by atoms with Crippen molar-refractivity contribution in [3.63, 3.8) is 0 Å². The van der Waals surface area contributed by atoms with Crippen LogP contribution in [0, 0.1) is 0 Å². The molecule has 0 amide bonds. The third-order valence-corrected chi connectivity index (χ3v) is 4.04. The van der Waals surface area contributed by atoms with Gasteiger partial charge in [0.1, 0.15) is 16.8 Å². The Morgan fingerprint density at radius 2 is 2.00 bits per heavy atom. The molecule has 1 aromatic heterocycles. The Labute approximate surface area is 127 Å². The molecule has 1 fully saturated rings. The summed E-state index contributed by atoms with van der Waals surface area (Å²) in [6, 6.07) is 2.42. The third-order valence-electron chi connectivity index (χ3n) is 3.85. The lowest BCUT2D eigenvalue weighted by atomic mass is 9.96. The van der Waals surface area contributed by atoms with E-state index in [4.69, 9.17) is 16.6 Å². The SMILES string of the molecule is CCN1CCN(c2cc(Cl)nc(C(C)(C)C)n2)CC1C. The van der Waals surface area contributed by atoms with E-state index in [0.29, 0.717) is 11.2 Å². The average Bonchev–Trinajstić information content (AvgIpc) is 2.37. The van der Waals surface area contributed by atoms with Gasteiger partial charge in [-0.15, -0.1) is 0 Å². The number of anilines is 1. The molecule has 0 spiro atoms. The van der Waals surface area contributed by atoms with Crippen molar-refractivity contribution in [2.75, 3.05) is 31.1 Å². The Bertz CT molecular complexity index is 469. The molecule has 1 aromatic rings. The Balaban J connectivity index is 2.23. The Morgan fingerprint density at radius 3 is 2.55 bits per heavy atom. The maximum atomic E-state index is 6.18. The normalized spacial score (nSPS) is 21.3. The molecule has 0 N–H and O–H groups in total. The molecule has 5 heteroatoms. The predicted molar refractivity (Wildman–Crippen MR) is 84.7 cm³/mol. The summed E-state index contributed by atoms with van der Waals surface area (Å²) in [5.74, 6) is 1.77. The largest absolute Gasteiger partial charge is 0.354 e. The molecule has 2 rings (SSSR count).